The van der Waals surface area contributed by atoms with Gasteiger partial charge in [0.2, 0.25) is 5.43 Å². The highest BCUT2D eigenvalue weighted by molar-refractivity contribution is 6.30. The van der Waals surface area contributed by atoms with Crippen molar-refractivity contribution in [3.05, 3.63) is 74.0 Å². The molecule has 5 nitrogen and oxygen atoms in total. The lowest BCUT2D eigenvalue weighted by molar-refractivity contribution is 0.0998. The number of rotatable bonds is 4. The van der Waals surface area contributed by atoms with E-state index in [2.05, 4.69) is 4.98 Å². The van der Waals surface area contributed by atoms with Crippen LogP contribution in [0.25, 0.3) is 10.9 Å². The van der Waals surface area contributed by atoms with Gasteiger partial charge in [0.05, 0.1) is 18.0 Å². The van der Waals surface area contributed by atoms with E-state index in [-0.39, 0.29) is 28.6 Å². The van der Waals surface area contributed by atoms with Crippen molar-refractivity contribution in [1.29, 1.82) is 0 Å². The molecule has 0 atom stereocenters. The number of halogens is 3. The molecule has 0 unspecified atom stereocenters. The predicted molar refractivity (Wildman–Crippen MR) is 93.8 cm³/mol. The molecular weight excluding hydrogens is 366 g/mol. The molecule has 26 heavy (non-hydrogen) atoms. The Morgan fingerprint density at radius 2 is 1.92 bits per heavy atom. The van der Waals surface area contributed by atoms with E-state index in [1.807, 2.05) is 0 Å². The van der Waals surface area contributed by atoms with Gasteiger partial charge in [-0.15, -0.1) is 0 Å². The molecule has 0 fully saturated rings. The van der Waals surface area contributed by atoms with Gasteiger partial charge in [-0.3, -0.25) is 9.59 Å². The molecule has 0 saturated heterocycles. The van der Waals surface area contributed by atoms with E-state index in [1.54, 1.807) is 24.3 Å². The van der Waals surface area contributed by atoms with E-state index in [9.17, 15) is 18.4 Å². The number of aromatic amines is 1. The summed E-state index contributed by atoms with van der Waals surface area (Å²) in [5.74, 6) is -3.73. The maximum Gasteiger partial charge on any atom is 0.254 e. The second-order valence-corrected chi connectivity index (χ2v) is 6.04. The first-order valence-corrected chi connectivity index (χ1v) is 7.86. The number of hydrogen-bond acceptors (Lipinski definition) is 3. The fourth-order valence-electron chi connectivity index (χ4n) is 2.77. The lowest BCUT2D eigenvalue weighted by Gasteiger charge is -2.12. The number of H-pyrrole nitrogens is 1. The van der Waals surface area contributed by atoms with E-state index >= 15 is 0 Å². The lowest BCUT2D eigenvalue weighted by atomic mass is 10.0. The fraction of sp³-hybridized carbons (Fsp3) is 0.111. The fourth-order valence-corrected chi connectivity index (χ4v) is 2.90. The minimum absolute atomic E-state index is 0.0970. The molecule has 2 aromatic carbocycles. The molecule has 1 aromatic heterocycles. The molecule has 0 aliphatic rings. The van der Waals surface area contributed by atoms with Crippen LogP contribution < -0.4 is 15.9 Å². The van der Waals surface area contributed by atoms with Gasteiger partial charge in [-0.2, -0.15) is 0 Å². The Hall–Kier alpha value is -2.93. The highest BCUT2D eigenvalue weighted by Crippen LogP contribution is 2.28. The molecule has 0 saturated carbocycles. The van der Waals surface area contributed by atoms with Crippen molar-refractivity contribution in [3.8, 4) is 5.75 Å². The van der Waals surface area contributed by atoms with Gasteiger partial charge in [0, 0.05) is 17.1 Å². The van der Waals surface area contributed by atoms with Crippen molar-refractivity contribution in [2.45, 2.75) is 6.42 Å². The second-order valence-electron chi connectivity index (χ2n) is 5.60. The summed E-state index contributed by atoms with van der Waals surface area (Å²) in [4.78, 5) is 27.1. The number of benzene rings is 2. The number of aromatic nitrogens is 1. The van der Waals surface area contributed by atoms with Crippen LogP contribution in [0.2, 0.25) is 5.02 Å². The second kappa shape index (κ2) is 6.76. The number of amides is 1. The third kappa shape index (κ3) is 3.01. The van der Waals surface area contributed by atoms with Crippen LogP contribution >= 0.6 is 11.6 Å². The highest BCUT2D eigenvalue weighted by atomic mass is 35.5. The van der Waals surface area contributed by atoms with Gasteiger partial charge in [0.1, 0.15) is 5.56 Å². The van der Waals surface area contributed by atoms with Crippen molar-refractivity contribution in [2.75, 3.05) is 7.11 Å². The summed E-state index contributed by atoms with van der Waals surface area (Å²) in [6.07, 6.45) is 0.0970. The SMILES string of the molecule is COc1c(F)cc2c(=O)c(C(N)=O)c(Cc3ccc(Cl)cc3)[nH]c2c1F. The molecule has 0 radical (unpaired) electrons. The minimum atomic E-state index is -1.06. The number of fused-ring (bicyclic) bond motifs is 1. The van der Waals surface area contributed by atoms with E-state index in [1.165, 1.54) is 0 Å². The van der Waals surface area contributed by atoms with Crippen molar-refractivity contribution in [1.82, 2.24) is 4.98 Å². The number of pyridine rings is 1. The summed E-state index contributed by atoms with van der Waals surface area (Å²) >= 11 is 5.84. The third-order valence-electron chi connectivity index (χ3n) is 3.97. The van der Waals surface area contributed by atoms with Crippen molar-refractivity contribution in [3.63, 3.8) is 0 Å². The molecule has 0 spiro atoms. The van der Waals surface area contributed by atoms with E-state index < -0.39 is 28.7 Å². The molecule has 3 N–H and O–H groups in total. The first-order chi connectivity index (χ1) is 12.3. The van der Waals surface area contributed by atoms with Crippen LogP contribution in [0.1, 0.15) is 21.6 Å². The molecule has 3 rings (SSSR count). The van der Waals surface area contributed by atoms with Gasteiger partial charge in [0.15, 0.2) is 17.4 Å². The summed E-state index contributed by atoms with van der Waals surface area (Å²) in [6, 6.07) is 7.47. The maximum atomic E-state index is 14.5. The van der Waals surface area contributed by atoms with Crippen LogP contribution in [0.3, 0.4) is 0 Å². The van der Waals surface area contributed by atoms with Gasteiger partial charge in [-0.05, 0) is 23.8 Å². The predicted octanol–water partition coefficient (Wildman–Crippen LogP) is 3.16. The molecule has 8 heteroatoms. The van der Waals surface area contributed by atoms with Crippen LogP contribution in [-0.2, 0) is 6.42 Å². The largest absolute Gasteiger partial charge is 0.491 e. The van der Waals surface area contributed by atoms with Gasteiger partial charge < -0.3 is 15.5 Å². The molecule has 134 valence electrons. The summed E-state index contributed by atoms with van der Waals surface area (Å²) in [5, 5.41) is 0.191. The van der Waals surface area contributed by atoms with Crippen molar-refractivity contribution in [2.24, 2.45) is 5.73 Å². The number of nitrogens with one attached hydrogen (secondary N) is 1. The van der Waals surface area contributed by atoms with Crippen molar-refractivity contribution >= 4 is 28.4 Å². The quantitative estimate of drug-likeness (QED) is 0.731. The summed E-state index contributed by atoms with van der Waals surface area (Å²) < 4.78 is 33.2. The maximum absolute atomic E-state index is 14.5. The number of carbonyl (C=O) groups excluding carboxylic acids is 1. The molecule has 0 aliphatic heterocycles. The van der Waals surface area contributed by atoms with E-state index in [0.29, 0.717) is 10.6 Å². The third-order valence-corrected chi connectivity index (χ3v) is 4.22. The number of primary amides is 1. The Labute approximate surface area is 151 Å². The Kier molecular flexibility index (Phi) is 4.65. The average Bonchev–Trinajstić information content (AvgIpc) is 2.58. The number of methoxy groups -OCH3 is 1. The number of hydrogen-bond donors (Lipinski definition) is 2. The van der Waals surface area contributed by atoms with Crippen LogP contribution in [0.15, 0.2) is 35.1 Å². The monoisotopic (exact) mass is 378 g/mol. The molecule has 1 amide bonds. The first kappa shape index (κ1) is 17.9. The van der Waals surface area contributed by atoms with Gasteiger partial charge in [0.25, 0.3) is 5.91 Å². The topological polar surface area (TPSA) is 85.2 Å². The Morgan fingerprint density at radius 3 is 2.50 bits per heavy atom. The molecular formula is C18H13ClF2N2O3. The molecule has 3 aromatic rings. The smallest absolute Gasteiger partial charge is 0.254 e. The van der Waals surface area contributed by atoms with E-state index in [4.69, 9.17) is 22.1 Å². The van der Waals surface area contributed by atoms with Gasteiger partial charge in [-0.25, -0.2) is 8.78 Å². The normalized spacial score (nSPS) is 10.9. The Balaban J connectivity index is 2.30. The van der Waals surface area contributed by atoms with Crippen LogP contribution in [-0.4, -0.2) is 18.0 Å². The lowest BCUT2D eigenvalue weighted by Crippen LogP contribution is -2.26. The standard InChI is InChI=1S/C18H13ClF2N2O3/c1-26-17-11(20)7-10-15(14(17)21)23-12(13(16(10)24)18(22)25)6-8-2-4-9(19)5-3-8/h2-5,7H,6H2,1H3,(H2,22,25)(H,23,24). The zero-order valence-corrected chi connectivity index (χ0v) is 14.3. The zero-order valence-electron chi connectivity index (χ0n) is 13.5. The summed E-state index contributed by atoms with van der Waals surface area (Å²) in [5.41, 5.74) is 4.69. The van der Waals surface area contributed by atoms with E-state index in [0.717, 1.165) is 13.2 Å². The zero-order chi connectivity index (χ0) is 19.0. The number of carbonyl (C=O) groups is 1. The summed E-state index contributed by atoms with van der Waals surface area (Å²) in [7, 11) is 1.11. The Bertz CT molecular complexity index is 1080. The number of nitrogens with two attached hydrogens (primary N) is 1. The van der Waals surface area contributed by atoms with Gasteiger partial charge in [-0.1, -0.05) is 23.7 Å². The van der Waals surface area contributed by atoms with Crippen LogP contribution in [0, 0.1) is 11.6 Å². The average molecular weight is 379 g/mol. The van der Waals surface area contributed by atoms with Crippen LogP contribution in [0.4, 0.5) is 8.78 Å². The first-order valence-electron chi connectivity index (χ1n) is 7.48. The van der Waals surface area contributed by atoms with Gasteiger partial charge >= 0.3 is 0 Å². The molecule has 0 bridgehead atoms. The number of ether oxygens (including phenoxy) is 1. The van der Waals surface area contributed by atoms with Crippen molar-refractivity contribution < 1.29 is 18.3 Å². The molecule has 1 heterocycles. The summed E-state index contributed by atoms with van der Waals surface area (Å²) in [6.45, 7) is 0. The highest BCUT2D eigenvalue weighted by Gasteiger charge is 2.22. The molecule has 0 aliphatic carbocycles. The Morgan fingerprint density at radius 1 is 1.27 bits per heavy atom. The minimum Gasteiger partial charge on any atom is -0.491 e. The van der Waals surface area contributed by atoms with Crippen LogP contribution in [0.5, 0.6) is 5.75 Å².